The van der Waals surface area contributed by atoms with Gasteiger partial charge in [0, 0.05) is 37.0 Å². The molecule has 2 fully saturated rings. The number of piperidine rings is 1. The van der Waals surface area contributed by atoms with Crippen LogP contribution in [0.15, 0.2) is 36.4 Å². The summed E-state index contributed by atoms with van der Waals surface area (Å²) in [6, 6.07) is 9.80. The molecule has 2 aliphatic heterocycles. The Hall–Kier alpha value is -3.46. The quantitative estimate of drug-likeness (QED) is 0.499. The molecule has 0 bridgehead atoms. The van der Waals surface area contributed by atoms with Crippen molar-refractivity contribution in [1.29, 1.82) is 0 Å². The summed E-state index contributed by atoms with van der Waals surface area (Å²) in [6.45, 7) is 4.49. The average molecular weight is 481 g/mol. The second-order valence-corrected chi connectivity index (χ2v) is 9.47. The maximum atomic E-state index is 14.7. The van der Waals surface area contributed by atoms with E-state index in [4.69, 9.17) is 9.72 Å². The normalized spacial score (nSPS) is 21.3. The number of fused-ring (bicyclic) bond motifs is 1. The summed E-state index contributed by atoms with van der Waals surface area (Å²) in [5.41, 5.74) is 1.65. The topological polar surface area (TPSA) is 108 Å². The SMILES string of the molecule is Cc1ccc2c(N3CCC[C@H]([C@H](NC(=O)O)C4CCOC4)C3)nc(-c3c(O)cccc3F)nc2c1. The number of phenolic OH excluding ortho intramolecular Hbond substituents is 1. The molecular formula is C26H29FN4O4. The molecule has 9 heteroatoms. The molecule has 8 nitrogen and oxygen atoms in total. The van der Waals surface area contributed by atoms with Gasteiger partial charge in [-0.1, -0.05) is 12.1 Å². The molecule has 0 saturated carbocycles. The number of benzene rings is 2. The molecule has 1 amide bonds. The molecule has 1 aromatic heterocycles. The number of halogens is 1. The lowest BCUT2D eigenvalue weighted by Crippen LogP contribution is -2.51. The van der Waals surface area contributed by atoms with Crippen molar-refractivity contribution in [2.75, 3.05) is 31.2 Å². The number of aromatic nitrogens is 2. The van der Waals surface area contributed by atoms with Crippen LogP contribution in [0.3, 0.4) is 0 Å². The lowest BCUT2D eigenvalue weighted by Gasteiger charge is -2.39. The number of nitrogens with one attached hydrogen (secondary N) is 1. The van der Waals surface area contributed by atoms with Gasteiger partial charge in [0.25, 0.3) is 0 Å². The smallest absolute Gasteiger partial charge is 0.404 e. The summed E-state index contributed by atoms with van der Waals surface area (Å²) in [5, 5.41) is 23.5. The zero-order chi connectivity index (χ0) is 24.5. The Labute approximate surface area is 202 Å². The molecular weight excluding hydrogens is 451 g/mol. The monoisotopic (exact) mass is 480 g/mol. The van der Waals surface area contributed by atoms with E-state index in [1.54, 1.807) is 0 Å². The van der Waals surface area contributed by atoms with E-state index in [2.05, 4.69) is 15.2 Å². The van der Waals surface area contributed by atoms with Gasteiger partial charge in [0.15, 0.2) is 5.82 Å². The molecule has 3 heterocycles. The van der Waals surface area contributed by atoms with E-state index in [-0.39, 0.29) is 35.0 Å². The fraction of sp³-hybridized carbons (Fsp3) is 0.423. The molecule has 3 atom stereocenters. The van der Waals surface area contributed by atoms with E-state index in [0.717, 1.165) is 36.8 Å². The summed E-state index contributed by atoms with van der Waals surface area (Å²) in [4.78, 5) is 23.1. The summed E-state index contributed by atoms with van der Waals surface area (Å²) in [7, 11) is 0. The first kappa shape index (κ1) is 23.3. The molecule has 3 aromatic rings. The lowest BCUT2D eigenvalue weighted by atomic mass is 9.82. The van der Waals surface area contributed by atoms with E-state index in [1.165, 1.54) is 18.2 Å². The Kier molecular flexibility index (Phi) is 6.42. The van der Waals surface area contributed by atoms with Gasteiger partial charge in [-0.2, -0.15) is 0 Å². The maximum absolute atomic E-state index is 14.7. The number of aromatic hydroxyl groups is 1. The minimum absolute atomic E-state index is 0.0285. The number of hydrogen-bond acceptors (Lipinski definition) is 6. The second kappa shape index (κ2) is 9.65. The van der Waals surface area contributed by atoms with Crippen LogP contribution < -0.4 is 10.2 Å². The molecule has 5 rings (SSSR count). The first-order valence-electron chi connectivity index (χ1n) is 12.0. The van der Waals surface area contributed by atoms with Crippen LogP contribution in [0, 0.1) is 24.6 Å². The number of nitrogens with zero attached hydrogens (tertiary/aromatic N) is 3. The first-order chi connectivity index (χ1) is 16.9. The van der Waals surface area contributed by atoms with Gasteiger partial charge in [-0.25, -0.2) is 19.2 Å². The van der Waals surface area contributed by atoms with Gasteiger partial charge in [-0.3, -0.25) is 0 Å². The van der Waals surface area contributed by atoms with E-state index in [9.17, 15) is 19.4 Å². The highest BCUT2D eigenvalue weighted by Gasteiger charge is 2.36. The molecule has 2 saturated heterocycles. The van der Waals surface area contributed by atoms with Crippen LogP contribution in [-0.4, -0.2) is 58.6 Å². The number of aryl methyl sites for hydroxylation is 1. The predicted molar refractivity (Wildman–Crippen MR) is 130 cm³/mol. The van der Waals surface area contributed by atoms with E-state index in [0.29, 0.717) is 31.1 Å². The van der Waals surface area contributed by atoms with E-state index >= 15 is 0 Å². The number of rotatable bonds is 5. The van der Waals surface area contributed by atoms with Crippen LogP contribution in [0.25, 0.3) is 22.3 Å². The minimum atomic E-state index is -1.03. The Bertz CT molecular complexity index is 1230. The zero-order valence-electron chi connectivity index (χ0n) is 19.6. The molecule has 2 aliphatic rings. The summed E-state index contributed by atoms with van der Waals surface area (Å²) < 4.78 is 20.3. The highest BCUT2D eigenvalue weighted by Crippen LogP contribution is 2.36. The maximum Gasteiger partial charge on any atom is 0.404 e. The van der Waals surface area contributed by atoms with Crippen molar-refractivity contribution in [2.24, 2.45) is 11.8 Å². The Morgan fingerprint density at radius 2 is 2.09 bits per heavy atom. The zero-order valence-corrected chi connectivity index (χ0v) is 19.6. The van der Waals surface area contributed by atoms with Gasteiger partial charge in [0.1, 0.15) is 17.4 Å². The van der Waals surface area contributed by atoms with Crippen LogP contribution in [0.1, 0.15) is 24.8 Å². The largest absolute Gasteiger partial charge is 0.507 e. The summed E-state index contributed by atoms with van der Waals surface area (Å²) >= 11 is 0. The van der Waals surface area contributed by atoms with Crippen molar-refractivity contribution in [3.63, 3.8) is 0 Å². The number of phenols is 1. The standard InChI is InChI=1S/C26H29FN4O4/c1-15-7-8-18-20(12-15)28-24(22-19(27)5-2-6-21(22)32)30-25(18)31-10-3-4-16(13-31)23(29-26(33)34)17-9-11-35-14-17/h2,5-8,12,16-17,23,29,32H,3-4,9-11,13-14H2,1H3,(H,33,34)/t16-,17?,23-/m0/s1. The van der Waals surface area contributed by atoms with Crippen molar-refractivity contribution in [3.8, 4) is 17.1 Å². The summed E-state index contributed by atoms with van der Waals surface area (Å²) in [5.74, 6) is 0.186. The molecule has 0 radical (unpaired) electrons. The number of anilines is 1. The van der Waals surface area contributed by atoms with Crippen molar-refractivity contribution in [2.45, 2.75) is 32.2 Å². The third-order valence-electron chi connectivity index (χ3n) is 7.08. The number of carboxylic acid groups (broad SMARTS) is 1. The Morgan fingerprint density at radius 3 is 2.83 bits per heavy atom. The molecule has 184 valence electrons. The molecule has 1 unspecified atom stereocenters. The van der Waals surface area contributed by atoms with Crippen LogP contribution in [0.5, 0.6) is 5.75 Å². The van der Waals surface area contributed by atoms with Crippen molar-refractivity contribution in [3.05, 3.63) is 47.8 Å². The fourth-order valence-corrected chi connectivity index (χ4v) is 5.40. The van der Waals surface area contributed by atoms with Crippen LogP contribution in [0.2, 0.25) is 0 Å². The number of hydrogen-bond donors (Lipinski definition) is 3. The van der Waals surface area contributed by atoms with Crippen molar-refractivity contribution >= 4 is 22.8 Å². The fourth-order valence-electron chi connectivity index (χ4n) is 5.40. The van der Waals surface area contributed by atoms with Gasteiger partial charge < -0.3 is 25.2 Å². The van der Waals surface area contributed by atoms with Gasteiger partial charge in [-0.15, -0.1) is 0 Å². The number of amides is 1. The van der Waals surface area contributed by atoms with Gasteiger partial charge >= 0.3 is 6.09 Å². The third-order valence-corrected chi connectivity index (χ3v) is 7.08. The van der Waals surface area contributed by atoms with E-state index in [1.807, 2.05) is 25.1 Å². The number of carbonyl (C=O) groups is 1. The van der Waals surface area contributed by atoms with Gasteiger partial charge in [-0.05, 0) is 61.9 Å². The van der Waals surface area contributed by atoms with Gasteiger partial charge in [0.2, 0.25) is 0 Å². The average Bonchev–Trinajstić information content (AvgIpc) is 3.36. The van der Waals surface area contributed by atoms with Crippen LogP contribution >= 0.6 is 0 Å². The van der Waals surface area contributed by atoms with E-state index < -0.39 is 11.9 Å². The predicted octanol–water partition coefficient (Wildman–Crippen LogP) is 4.34. The van der Waals surface area contributed by atoms with Crippen molar-refractivity contribution in [1.82, 2.24) is 15.3 Å². The van der Waals surface area contributed by atoms with Crippen molar-refractivity contribution < 1.29 is 24.1 Å². The highest BCUT2D eigenvalue weighted by atomic mass is 19.1. The second-order valence-electron chi connectivity index (χ2n) is 9.47. The van der Waals surface area contributed by atoms with Gasteiger partial charge in [0.05, 0.1) is 17.7 Å². The Morgan fingerprint density at radius 1 is 1.23 bits per heavy atom. The third kappa shape index (κ3) is 4.73. The molecule has 35 heavy (non-hydrogen) atoms. The number of ether oxygens (including phenoxy) is 1. The first-order valence-corrected chi connectivity index (χ1v) is 12.0. The molecule has 2 aromatic carbocycles. The molecule has 0 spiro atoms. The van der Waals surface area contributed by atoms with Crippen LogP contribution in [0.4, 0.5) is 15.0 Å². The molecule has 3 N–H and O–H groups in total. The minimum Gasteiger partial charge on any atom is -0.507 e. The summed E-state index contributed by atoms with van der Waals surface area (Å²) in [6.07, 6.45) is 1.56. The van der Waals surface area contributed by atoms with Crippen LogP contribution in [-0.2, 0) is 4.74 Å². The highest BCUT2D eigenvalue weighted by molar-refractivity contribution is 5.92. The lowest BCUT2D eigenvalue weighted by molar-refractivity contribution is 0.147. The molecule has 0 aliphatic carbocycles. The Balaban J connectivity index is 1.56.